The Balaban J connectivity index is 3.97. The number of carbonyl (C=O) groups excluding carboxylic acids is 2. The van der Waals surface area contributed by atoms with E-state index in [2.05, 4.69) is 123 Å². The summed E-state index contributed by atoms with van der Waals surface area (Å²) in [6.07, 6.45) is 81.4. The number of esters is 2. The summed E-state index contributed by atoms with van der Waals surface area (Å²) in [5, 5.41) is 0. The molecule has 0 bridgehead atoms. The first-order valence-corrected chi connectivity index (χ1v) is 31.9. The van der Waals surface area contributed by atoms with Crippen molar-refractivity contribution in [2.24, 2.45) is 5.73 Å². The van der Waals surface area contributed by atoms with Gasteiger partial charge in [-0.1, -0.05) is 258 Å². The van der Waals surface area contributed by atoms with Crippen molar-refractivity contribution in [1.82, 2.24) is 0 Å². The average Bonchev–Trinajstić information content (AvgIpc) is 3.40. The van der Waals surface area contributed by atoms with E-state index in [-0.39, 0.29) is 38.6 Å². The van der Waals surface area contributed by atoms with Gasteiger partial charge >= 0.3 is 19.8 Å². The van der Waals surface area contributed by atoms with E-state index in [1.807, 2.05) is 0 Å². The van der Waals surface area contributed by atoms with Crippen molar-refractivity contribution in [3.8, 4) is 0 Å². The molecule has 430 valence electrons. The normalized spacial score (nSPS) is 13.8. The SMILES string of the molecule is CC/C=C\C/C=C\C/C=C\C/C=C\C/C=C\CCCCCCCCCCCCCC(=O)OC(COC(=O)CCCCCCCCCCCCCCCC/C=C\C/C=C\C/C=C\C/C=C\CC)COP(=O)(O)OCCN. The van der Waals surface area contributed by atoms with Crippen LogP contribution in [0.5, 0.6) is 0 Å². The number of nitrogens with two attached hydrogens (primary N) is 1. The third kappa shape index (κ3) is 59.8. The first-order valence-electron chi connectivity index (χ1n) is 30.4. The Kier molecular flexibility index (Phi) is 57.2. The Labute approximate surface area is 460 Å². The van der Waals surface area contributed by atoms with E-state index in [1.54, 1.807) is 0 Å². The number of allylic oxidation sites excluding steroid dienone is 18. The van der Waals surface area contributed by atoms with E-state index in [9.17, 15) is 19.0 Å². The summed E-state index contributed by atoms with van der Waals surface area (Å²) in [4.78, 5) is 35.3. The molecule has 9 nitrogen and oxygen atoms in total. The second kappa shape index (κ2) is 59.9. The van der Waals surface area contributed by atoms with Crippen molar-refractivity contribution in [2.45, 2.75) is 264 Å². The molecule has 0 heterocycles. The second-order valence-corrected chi connectivity index (χ2v) is 21.3. The maximum Gasteiger partial charge on any atom is 0.472 e. The van der Waals surface area contributed by atoms with Crippen LogP contribution in [0.3, 0.4) is 0 Å². The molecule has 2 unspecified atom stereocenters. The highest BCUT2D eigenvalue weighted by Gasteiger charge is 2.26. The molecule has 2 atom stereocenters. The predicted octanol–water partition coefficient (Wildman–Crippen LogP) is 19.4. The summed E-state index contributed by atoms with van der Waals surface area (Å²) in [6.45, 7) is 3.53. The van der Waals surface area contributed by atoms with Crippen LogP contribution in [0.25, 0.3) is 0 Å². The number of ether oxygens (including phenoxy) is 2. The van der Waals surface area contributed by atoms with Crippen molar-refractivity contribution in [3.63, 3.8) is 0 Å². The van der Waals surface area contributed by atoms with Crippen LogP contribution >= 0.6 is 7.82 Å². The van der Waals surface area contributed by atoms with Gasteiger partial charge in [0.15, 0.2) is 6.10 Å². The lowest BCUT2D eigenvalue weighted by Crippen LogP contribution is -2.29. The number of phosphoric ester groups is 1. The Morgan fingerprint density at radius 1 is 0.400 bits per heavy atom. The standard InChI is InChI=1S/C65H112NO8P/c1-3-5-7-9-11-13-15-17-19-21-23-25-27-29-31-33-35-37-39-41-43-45-47-49-51-53-55-57-64(67)71-61-63(62-73-75(69,70)72-60-59-66)74-65(68)58-56-54-52-50-48-46-44-42-40-38-36-34-32-30-28-26-24-22-20-18-16-14-12-10-8-6-4-2/h5-8,11-14,17-20,23-26,30,32,63H,3-4,9-10,15-16,21-22,27-29,31,33-62,66H2,1-2H3,(H,69,70)/b7-5-,8-6-,13-11-,14-12-,19-17-,20-18-,25-23-,26-24-,32-30-. The summed E-state index contributed by atoms with van der Waals surface area (Å²) in [5.41, 5.74) is 5.39. The topological polar surface area (TPSA) is 134 Å². The van der Waals surface area contributed by atoms with E-state index in [0.717, 1.165) is 103 Å². The van der Waals surface area contributed by atoms with Crippen molar-refractivity contribution in [3.05, 3.63) is 109 Å². The summed E-state index contributed by atoms with van der Waals surface area (Å²) in [6, 6.07) is 0. The number of carbonyl (C=O) groups is 2. The van der Waals surface area contributed by atoms with Crippen molar-refractivity contribution in [1.29, 1.82) is 0 Å². The fourth-order valence-electron chi connectivity index (χ4n) is 8.24. The van der Waals surface area contributed by atoms with Gasteiger partial charge in [-0.25, -0.2) is 4.57 Å². The highest BCUT2D eigenvalue weighted by Crippen LogP contribution is 2.43. The zero-order chi connectivity index (χ0) is 54.5. The summed E-state index contributed by atoms with van der Waals surface area (Å²) >= 11 is 0. The molecule has 0 aliphatic heterocycles. The van der Waals surface area contributed by atoms with Crippen LogP contribution in [0.2, 0.25) is 0 Å². The summed E-state index contributed by atoms with van der Waals surface area (Å²) < 4.78 is 33.1. The lowest BCUT2D eigenvalue weighted by atomic mass is 10.0. The largest absolute Gasteiger partial charge is 0.472 e. The predicted molar refractivity (Wildman–Crippen MR) is 321 cm³/mol. The highest BCUT2D eigenvalue weighted by molar-refractivity contribution is 7.47. The first-order chi connectivity index (χ1) is 36.8. The fourth-order valence-corrected chi connectivity index (χ4v) is 9.01. The number of phosphoric acid groups is 1. The zero-order valence-electron chi connectivity index (χ0n) is 48.0. The van der Waals surface area contributed by atoms with Crippen molar-refractivity contribution >= 4 is 19.8 Å². The van der Waals surface area contributed by atoms with Crippen LogP contribution in [-0.4, -0.2) is 49.3 Å². The molecule has 0 aromatic heterocycles. The molecular formula is C65H112NO8P. The van der Waals surface area contributed by atoms with Gasteiger partial charge < -0.3 is 20.1 Å². The summed E-state index contributed by atoms with van der Waals surface area (Å²) in [5.74, 6) is -0.831. The molecule has 0 radical (unpaired) electrons. The van der Waals surface area contributed by atoms with Gasteiger partial charge in [0.1, 0.15) is 6.61 Å². The van der Waals surface area contributed by atoms with E-state index in [0.29, 0.717) is 6.42 Å². The number of rotatable bonds is 56. The second-order valence-electron chi connectivity index (χ2n) is 19.8. The minimum Gasteiger partial charge on any atom is -0.462 e. The van der Waals surface area contributed by atoms with Crippen molar-refractivity contribution < 1.29 is 37.6 Å². The third-order valence-corrected chi connectivity index (χ3v) is 13.6. The van der Waals surface area contributed by atoms with Crippen LogP contribution in [0.1, 0.15) is 258 Å². The van der Waals surface area contributed by atoms with Crippen molar-refractivity contribution in [2.75, 3.05) is 26.4 Å². The Bertz CT molecular complexity index is 1590. The minimum atomic E-state index is -4.40. The Morgan fingerprint density at radius 2 is 0.693 bits per heavy atom. The molecular weight excluding hydrogens is 954 g/mol. The molecule has 10 heteroatoms. The van der Waals surface area contributed by atoms with E-state index < -0.39 is 26.5 Å². The number of hydrogen-bond acceptors (Lipinski definition) is 8. The molecule has 0 aliphatic rings. The molecule has 75 heavy (non-hydrogen) atoms. The molecule has 0 saturated carbocycles. The lowest BCUT2D eigenvalue weighted by Gasteiger charge is -2.19. The van der Waals surface area contributed by atoms with E-state index in [1.165, 1.54) is 122 Å². The van der Waals surface area contributed by atoms with Gasteiger partial charge in [-0.15, -0.1) is 0 Å². The van der Waals surface area contributed by atoms with Gasteiger partial charge in [0.25, 0.3) is 0 Å². The quantitative estimate of drug-likeness (QED) is 0.0264. The van der Waals surface area contributed by atoms with E-state index >= 15 is 0 Å². The van der Waals surface area contributed by atoms with Crippen LogP contribution < -0.4 is 5.73 Å². The molecule has 0 rings (SSSR count). The van der Waals surface area contributed by atoms with Crippen LogP contribution in [0, 0.1) is 0 Å². The average molecular weight is 1070 g/mol. The molecule has 0 aromatic carbocycles. The lowest BCUT2D eigenvalue weighted by molar-refractivity contribution is -0.161. The van der Waals surface area contributed by atoms with E-state index in [4.69, 9.17) is 24.3 Å². The maximum atomic E-state index is 12.7. The molecule has 0 spiro atoms. The third-order valence-electron chi connectivity index (χ3n) is 12.7. The molecule has 3 N–H and O–H groups in total. The number of hydrogen-bond donors (Lipinski definition) is 2. The molecule has 0 aromatic rings. The summed E-state index contributed by atoms with van der Waals surface area (Å²) in [7, 11) is -4.40. The molecule has 0 aliphatic carbocycles. The Hall–Kier alpha value is -3.33. The fraction of sp³-hybridized carbons (Fsp3) is 0.692. The highest BCUT2D eigenvalue weighted by atomic mass is 31.2. The van der Waals surface area contributed by atoms with Crippen LogP contribution in [-0.2, 0) is 32.7 Å². The molecule has 0 saturated heterocycles. The van der Waals surface area contributed by atoms with Gasteiger partial charge in [-0.05, 0) is 96.3 Å². The molecule has 0 fully saturated rings. The monoisotopic (exact) mass is 1070 g/mol. The first kappa shape index (κ1) is 71.7. The van der Waals surface area contributed by atoms with Gasteiger partial charge in [-0.3, -0.25) is 18.6 Å². The number of unbranched alkanes of at least 4 members (excludes halogenated alkanes) is 25. The van der Waals surface area contributed by atoms with Gasteiger partial charge in [0, 0.05) is 19.4 Å². The van der Waals surface area contributed by atoms with Crippen LogP contribution in [0.15, 0.2) is 109 Å². The van der Waals surface area contributed by atoms with Gasteiger partial charge in [0.05, 0.1) is 13.2 Å². The zero-order valence-corrected chi connectivity index (χ0v) is 48.9. The van der Waals surface area contributed by atoms with Crippen LogP contribution in [0.4, 0.5) is 0 Å². The maximum absolute atomic E-state index is 12.7. The Morgan fingerprint density at radius 3 is 1.03 bits per heavy atom. The van der Waals surface area contributed by atoms with Gasteiger partial charge in [0.2, 0.25) is 0 Å². The smallest absolute Gasteiger partial charge is 0.462 e. The molecule has 0 amide bonds. The van der Waals surface area contributed by atoms with Gasteiger partial charge in [-0.2, -0.15) is 0 Å². The minimum absolute atomic E-state index is 0.0486.